The fourth-order valence-corrected chi connectivity index (χ4v) is 2.45. The van der Waals surface area contributed by atoms with Crippen molar-refractivity contribution in [3.05, 3.63) is 0 Å². The molecule has 8 nitrogen and oxygen atoms in total. The van der Waals surface area contributed by atoms with Gasteiger partial charge in [-0.25, -0.2) is 0 Å². The molecule has 1 heterocycles. The highest BCUT2D eigenvalue weighted by molar-refractivity contribution is 5.97. The van der Waals surface area contributed by atoms with Crippen LogP contribution in [0.3, 0.4) is 0 Å². The predicted molar refractivity (Wildman–Crippen MR) is 98.0 cm³/mol. The van der Waals surface area contributed by atoms with E-state index >= 15 is 0 Å². The third kappa shape index (κ3) is 8.31. The largest absolute Gasteiger partial charge is 0.356 e. The molecule has 8 heteroatoms. The fraction of sp³-hybridized carbons (Fsp3) is 0.778. The average Bonchev–Trinajstić information content (AvgIpc) is 2.57. The van der Waals surface area contributed by atoms with Crippen LogP contribution in [0.1, 0.15) is 53.4 Å². The third-order valence-corrected chi connectivity index (χ3v) is 4.00. The molecule has 148 valence electrons. The Balaban J connectivity index is 2.35. The molecular weight excluding hydrogens is 336 g/mol. The van der Waals surface area contributed by atoms with Gasteiger partial charge in [-0.3, -0.25) is 19.2 Å². The molecule has 4 amide bonds. The van der Waals surface area contributed by atoms with Crippen molar-refractivity contribution >= 4 is 23.6 Å². The second-order valence-corrected chi connectivity index (χ2v) is 7.60. The number of piperazine rings is 1. The molecule has 0 aromatic heterocycles. The zero-order valence-electron chi connectivity index (χ0n) is 16.2. The summed E-state index contributed by atoms with van der Waals surface area (Å²) in [4.78, 5) is 47.7. The Hall–Kier alpha value is -2.12. The lowest BCUT2D eigenvalue weighted by Gasteiger charge is -2.29. The molecule has 1 aliphatic heterocycles. The van der Waals surface area contributed by atoms with E-state index in [1.54, 1.807) is 0 Å². The molecule has 0 radical (unpaired) electrons. The highest BCUT2D eigenvalue weighted by atomic mass is 16.2. The van der Waals surface area contributed by atoms with E-state index in [1.165, 1.54) is 0 Å². The van der Waals surface area contributed by atoms with Gasteiger partial charge in [0.25, 0.3) is 0 Å². The number of carbonyl (C=O) groups excluding carboxylic acids is 4. The van der Waals surface area contributed by atoms with Crippen LogP contribution in [0.4, 0.5) is 0 Å². The molecule has 1 fully saturated rings. The fourth-order valence-electron chi connectivity index (χ4n) is 2.45. The Morgan fingerprint density at radius 2 is 1.15 bits per heavy atom. The van der Waals surface area contributed by atoms with Crippen LogP contribution in [0.25, 0.3) is 0 Å². The van der Waals surface area contributed by atoms with E-state index < -0.39 is 12.1 Å². The Morgan fingerprint density at radius 3 is 1.46 bits per heavy atom. The van der Waals surface area contributed by atoms with Gasteiger partial charge in [0.15, 0.2) is 0 Å². The smallest absolute Gasteiger partial charge is 0.243 e. The summed E-state index contributed by atoms with van der Waals surface area (Å²) < 4.78 is 0. The van der Waals surface area contributed by atoms with Crippen LogP contribution in [-0.2, 0) is 19.2 Å². The Labute approximate surface area is 155 Å². The minimum absolute atomic E-state index is 0.135. The maximum absolute atomic E-state index is 12.1. The number of amides is 4. The topological polar surface area (TPSA) is 116 Å². The highest BCUT2D eigenvalue weighted by Gasteiger charge is 2.33. The van der Waals surface area contributed by atoms with Gasteiger partial charge in [-0.05, 0) is 24.7 Å². The van der Waals surface area contributed by atoms with E-state index in [1.807, 2.05) is 27.7 Å². The van der Waals surface area contributed by atoms with Crippen molar-refractivity contribution in [3.63, 3.8) is 0 Å². The SMILES string of the molecule is CC(C)CNC(=O)CC[C@H]1NC(=O)[C@@H](CCC(=O)NCC(C)C)NC1=O. The molecule has 26 heavy (non-hydrogen) atoms. The Bertz CT molecular complexity index is 473. The summed E-state index contributed by atoms with van der Waals surface area (Å²) in [6, 6.07) is -1.42. The van der Waals surface area contributed by atoms with Gasteiger partial charge in [-0.2, -0.15) is 0 Å². The van der Waals surface area contributed by atoms with E-state index in [9.17, 15) is 19.2 Å². The first-order valence-electron chi connectivity index (χ1n) is 9.33. The maximum atomic E-state index is 12.1. The third-order valence-electron chi connectivity index (χ3n) is 4.00. The molecule has 0 saturated carbocycles. The van der Waals surface area contributed by atoms with Crippen molar-refractivity contribution in [1.29, 1.82) is 0 Å². The van der Waals surface area contributed by atoms with Crippen molar-refractivity contribution in [1.82, 2.24) is 21.3 Å². The highest BCUT2D eigenvalue weighted by Crippen LogP contribution is 2.08. The number of nitrogens with one attached hydrogen (secondary N) is 4. The van der Waals surface area contributed by atoms with Gasteiger partial charge in [0.05, 0.1) is 0 Å². The molecule has 0 bridgehead atoms. The summed E-state index contributed by atoms with van der Waals surface area (Å²) in [6.45, 7) is 9.17. The van der Waals surface area contributed by atoms with Crippen molar-refractivity contribution < 1.29 is 19.2 Å². The van der Waals surface area contributed by atoms with Crippen LogP contribution in [0.15, 0.2) is 0 Å². The second-order valence-electron chi connectivity index (χ2n) is 7.60. The molecule has 0 spiro atoms. The summed E-state index contributed by atoms with van der Waals surface area (Å²) in [5.74, 6) is -0.178. The molecule has 0 unspecified atom stereocenters. The first kappa shape index (κ1) is 21.9. The summed E-state index contributed by atoms with van der Waals surface area (Å²) in [6.07, 6.45) is 0.854. The van der Waals surface area contributed by atoms with Crippen molar-refractivity contribution in [2.24, 2.45) is 11.8 Å². The minimum Gasteiger partial charge on any atom is -0.356 e. The number of hydrogen-bond acceptors (Lipinski definition) is 4. The number of carbonyl (C=O) groups is 4. The van der Waals surface area contributed by atoms with E-state index in [4.69, 9.17) is 0 Å². The minimum atomic E-state index is -0.710. The lowest BCUT2D eigenvalue weighted by atomic mass is 10.0. The molecular formula is C18H32N4O4. The van der Waals surface area contributed by atoms with Gasteiger partial charge in [-0.1, -0.05) is 27.7 Å². The zero-order chi connectivity index (χ0) is 19.7. The average molecular weight is 368 g/mol. The molecule has 0 aliphatic carbocycles. The van der Waals surface area contributed by atoms with Gasteiger partial charge in [0.2, 0.25) is 23.6 Å². The molecule has 2 atom stereocenters. The molecule has 4 N–H and O–H groups in total. The van der Waals surface area contributed by atoms with Gasteiger partial charge in [-0.15, -0.1) is 0 Å². The summed E-state index contributed by atoms with van der Waals surface area (Å²) in [5.41, 5.74) is 0. The van der Waals surface area contributed by atoms with Crippen LogP contribution < -0.4 is 21.3 Å². The van der Waals surface area contributed by atoms with Crippen LogP contribution in [0.5, 0.6) is 0 Å². The maximum Gasteiger partial charge on any atom is 0.243 e. The van der Waals surface area contributed by atoms with E-state index in [0.29, 0.717) is 24.9 Å². The monoisotopic (exact) mass is 368 g/mol. The Morgan fingerprint density at radius 1 is 0.808 bits per heavy atom. The Kier molecular flexibility index (Phi) is 9.09. The number of hydrogen-bond donors (Lipinski definition) is 4. The van der Waals surface area contributed by atoms with E-state index in [-0.39, 0.29) is 49.3 Å². The van der Waals surface area contributed by atoms with Gasteiger partial charge < -0.3 is 21.3 Å². The van der Waals surface area contributed by atoms with Crippen LogP contribution in [0.2, 0.25) is 0 Å². The number of rotatable bonds is 10. The molecule has 1 aliphatic rings. The summed E-state index contributed by atoms with van der Waals surface area (Å²) in [5, 5.41) is 10.9. The van der Waals surface area contributed by atoms with Crippen LogP contribution in [0, 0.1) is 11.8 Å². The van der Waals surface area contributed by atoms with Crippen LogP contribution in [-0.4, -0.2) is 48.8 Å². The zero-order valence-corrected chi connectivity index (χ0v) is 16.2. The van der Waals surface area contributed by atoms with E-state index in [0.717, 1.165) is 0 Å². The molecule has 1 rings (SSSR count). The summed E-state index contributed by atoms with van der Waals surface area (Å²) in [7, 11) is 0. The first-order chi connectivity index (χ1) is 12.2. The van der Waals surface area contributed by atoms with Crippen molar-refractivity contribution in [2.45, 2.75) is 65.5 Å². The second kappa shape index (κ2) is 10.8. The lowest BCUT2D eigenvalue weighted by molar-refractivity contribution is -0.137. The molecule has 1 saturated heterocycles. The van der Waals surface area contributed by atoms with Crippen molar-refractivity contribution in [2.75, 3.05) is 13.1 Å². The van der Waals surface area contributed by atoms with Crippen LogP contribution >= 0.6 is 0 Å². The predicted octanol–water partition coefficient (Wildman–Crippen LogP) is 0.0744. The molecule has 0 aromatic carbocycles. The molecule has 0 aromatic rings. The van der Waals surface area contributed by atoms with E-state index in [2.05, 4.69) is 21.3 Å². The lowest BCUT2D eigenvalue weighted by Crippen LogP contribution is -2.61. The van der Waals surface area contributed by atoms with Gasteiger partial charge in [0, 0.05) is 25.9 Å². The summed E-state index contributed by atoms with van der Waals surface area (Å²) >= 11 is 0. The standard InChI is InChI=1S/C18H32N4O4/c1-11(2)9-19-15(23)7-5-13-17(25)22-14(18(26)21-13)6-8-16(24)20-10-12(3)4/h11-14H,5-10H2,1-4H3,(H,19,23)(H,20,24)(H,21,26)(H,22,25)/t13-,14-/m1/s1. The quantitative estimate of drug-likeness (QED) is 0.437. The first-order valence-corrected chi connectivity index (χ1v) is 9.33. The van der Waals surface area contributed by atoms with Gasteiger partial charge in [0.1, 0.15) is 12.1 Å². The normalized spacial score (nSPS) is 19.9. The van der Waals surface area contributed by atoms with Gasteiger partial charge >= 0.3 is 0 Å². The van der Waals surface area contributed by atoms with Crippen molar-refractivity contribution in [3.8, 4) is 0 Å².